The minimum atomic E-state index is -0.0669. The van der Waals surface area contributed by atoms with Crippen LogP contribution < -0.4 is 5.43 Å². The van der Waals surface area contributed by atoms with Gasteiger partial charge in [-0.1, -0.05) is 11.6 Å². The van der Waals surface area contributed by atoms with Crippen molar-refractivity contribution in [2.75, 3.05) is 5.43 Å². The highest BCUT2D eigenvalue weighted by molar-refractivity contribution is 6.29. The molecule has 0 aliphatic heterocycles. The van der Waals surface area contributed by atoms with Gasteiger partial charge in [0, 0.05) is 11.6 Å². The number of aromatic nitrogens is 2. The van der Waals surface area contributed by atoms with Crippen LogP contribution in [-0.2, 0) is 0 Å². The molecule has 0 atom stereocenters. The van der Waals surface area contributed by atoms with Crippen molar-refractivity contribution in [3.8, 4) is 11.5 Å². The van der Waals surface area contributed by atoms with Gasteiger partial charge in [0.05, 0.1) is 6.21 Å². The second kappa shape index (κ2) is 5.33. The standard InChI is InChI=1S/C11H9ClN4O2/c12-10-3-4-11(16-14-10)15-13-6-7-1-2-8(17)5-9(7)18/h1-6,17-18H,(H,15,16)/b13-6+. The number of nitrogens with one attached hydrogen (secondary N) is 1. The molecule has 7 heteroatoms. The van der Waals surface area contributed by atoms with Gasteiger partial charge in [0.25, 0.3) is 0 Å². The Morgan fingerprint density at radius 1 is 1.17 bits per heavy atom. The third-order valence-electron chi connectivity index (χ3n) is 2.03. The number of aromatic hydroxyl groups is 2. The maximum atomic E-state index is 9.50. The Labute approximate surface area is 108 Å². The summed E-state index contributed by atoms with van der Waals surface area (Å²) < 4.78 is 0. The molecule has 0 bridgehead atoms. The van der Waals surface area contributed by atoms with Crippen LogP contribution in [0.4, 0.5) is 5.82 Å². The van der Waals surface area contributed by atoms with Crippen LogP contribution >= 0.6 is 11.6 Å². The fraction of sp³-hybridized carbons (Fsp3) is 0. The molecular weight excluding hydrogens is 256 g/mol. The fourth-order valence-electron chi connectivity index (χ4n) is 1.18. The molecule has 2 aromatic rings. The fourth-order valence-corrected chi connectivity index (χ4v) is 1.29. The topological polar surface area (TPSA) is 90.6 Å². The molecule has 18 heavy (non-hydrogen) atoms. The molecule has 0 amide bonds. The van der Waals surface area contributed by atoms with Crippen LogP contribution in [0.5, 0.6) is 11.5 Å². The maximum absolute atomic E-state index is 9.50. The average Bonchev–Trinajstić information content (AvgIpc) is 2.34. The number of rotatable bonds is 3. The van der Waals surface area contributed by atoms with E-state index in [1.54, 1.807) is 12.1 Å². The molecule has 1 aromatic carbocycles. The quantitative estimate of drug-likeness (QED) is 0.582. The van der Waals surface area contributed by atoms with Crippen LogP contribution in [0.15, 0.2) is 35.4 Å². The second-order valence-electron chi connectivity index (χ2n) is 3.35. The molecule has 0 radical (unpaired) electrons. The molecule has 0 saturated heterocycles. The number of halogens is 1. The number of benzene rings is 1. The number of phenols is 2. The summed E-state index contributed by atoms with van der Waals surface area (Å²) in [5.41, 5.74) is 3.09. The first-order chi connectivity index (χ1) is 8.65. The Morgan fingerprint density at radius 2 is 2.00 bits per heavy atom. The van der Waals surface area contributed by atoms with E-state index in [1.165, 1.54) is 24.4 Å². The van der Waals surface area contributed by atoms with E-state index >= 15 is 0 Å². The lowest BCUT2D eigenvalue weighted by molar-refractivity contribution is 0.450. The lowest BCUT2D eigenvalue weighted by Gasteiger charge is -2.00. The number of nitrogens with zero attached hydrogens (tertiary/aromatic N) is 3. The van der Waals surface area contributed by atoms with E-state index in [9.17, 15) is 5.11 Å². The molecule has 92 valence electrons. The van der Waals surface area contributed by atoms with Gasteiger partial charge < -0.3 is 10.2 Å². The summed E-state index contributed by atoms with van der Waals surface area (Å²) in [7, 11) is 0. The molecule has 0 fully saturated rings. The lowest BCUT2D eigenvalue weighted by Crippen LogP contribution is -1.95. The van der Waals surface area contributed by atoms with E-state index < -0.39 is 0 Å². The van der Waals surface area contributed by atoms with Crippen LogP contribution in [0.1, 0.15) is 5.56 Å². The van der Waals surface area contributed by atoms with E-state index in [2.05, 4.69) is 20.7 Å². The smallest absolute Gasteiger partial charge is 0.168 e. The largest absolute Gasteiger partial charge is 0.508 e. The molecule has 0 aliphatic rings. The van der Waals surface area contributed by atoms with Crippen molar-refractivity contribution < 1.29 is 10.2 Å². The molecule has 1 aromatic heterocycles. The van der Waals surface area contributed by atoms with Gasteiger partial charge in [-0.3, -0.25) is 5.43 Å². The normalized spacial score (nSPS) is 10.7. The van der Waals surface area contributed by atoms with Gasteiger partial charge in [-0.25, -0.2) is 0 Å². The van der Waals surface area contributed by atoms with Crippen molar-refractivity contribution in [1.29, 1.82) is 0 Å². The summed E-state index contributed by atoms with van der Waals surface area (Å²) in [6.45, 7) is 0. The number of phenolic OH excluding ortho intramolecular Hbond substituents is 2. The monoisotopic (exact) mass is 264 g/mol. The highest BCUT2D eigenvalue weighted by atomic mass is 35.5. The van der Waals surface area contributed by atoms with Crippen LogP contribution in [0.2, 0.25) is 5.15 Å². The van der Waals surface area contributed by atoms with Crippen LogP contribution in [-0.4, -0.2) is 26.6 Å². The van der Waals surface area contributed by atoms with Crippen molar-refractivity contribution in [3.05, 3.63) is 41.0 Å². The van der Waals surface area contributed by atoms with Crippen LogP contribution in [0.3, 0.4) is 0 Å². The molecule has 0 saturated carbocycles. The predicted octanol–water partition coefficient (Wildman–Crippen LogP) is 1.99. The Hall–Kier alpha value is -2.34. The second-order valence-corrected chi connectivity index (χ2v) is 3.74. The third kappa shape index (κ3) is 3.08. The van der Waals surface area contributed by atoms with E-state index in [0.29, 0.717) is 16.5 Å². The van der Waals surface area contributed by atoms with Crippen molar-refractivity contribution in [1.82, 2.24) is 10.2 Å². The SMILES string of the molecule is Oc1ccc(/C=N/Nc2ccc(Cl)nn2)c(O)c1. The molecule has 0 spiro atoms. The summed E-state index contributed by atoms with van der Waals surface area (Å²) in [6.07, 6.45) is 1.39. The molecule has 1 heterocycles. The summed E-state index contributed by atoms with van der Waals surface area (Å²) >= 11 is 5.58. The van der Waals surface area contributed by atoms with Crippen molar-refractivity contribution in [2.24, 2.45) is 5.10 Å². The number of hydrogen-bond donors (Lipinski definition) is 3. The van der Waals surface area contributed by atoms with E-state index in [1.807, 2.05) is 0 Å². The maximum Gasteiger partial charge on any atom is 0.168 e. The zero-order chi connectivity index (χ0) is 13.0. The van der Waals surface area contributed by atoms with Crippen molar-refractivity contribution >= 4 is 23.6 Å². The van der Waals surface area contributed by atoms with E-state index in [4.69, 9.17) is 16.7 Å². The molecule has 2 rings (SSSR count). The zero-order valence-electron chi connectivity index (χ0n) is 9.08. The Kier molecular flexibility index (Phi) is 3.59. The first kappa shape index (κ1) is 12.1. The van der Waals surface area contributed by atoms with E-state index in [0.717, 1.165) is 0 Å². The first-order valence-corrected chi connectivity index (χ1v) is 5.33. The van der Waals surface area contributed by atoms with Gasteiger partial charge in [-0.15, -0.1) is 10.2 Å². The van der Waals surface area contributed by atoms with E-state index in [-0.39, 0.29) is 11.5 Å². The van der Waals surface area contributed by atoms with Crippen LogP contribution in [0, 0.1) is 0 Å². The van der Waals surface area contributed by atoms with Gasteiger partial charge in [0.1, 0.15) is 11.5 Å². The zero-order valence-corrected chi connectivity index (χ0v) is 9.83. The molecule has 0 unspecified atom stereocenters. The van der Waals surface area contributed by atoms with Crippen molar-refractivity contribution in [3.63, 3.8) is 0 Å². The summed E-state index contributed by atoms with van der Waals surface area (Å²) in [6, 6.07) is 7.39. The minimum Gasteiger partial charge on any atom is -0.508 e. The first-order valence-electron chi connectivity index (χ1n) is 4.95. The highest BCUT2D eigenvalue weighted by Gasteiger charge is 1.99. The number of anilines is 1. The van der Waals surface area contributed by atoms with Gasteiger partial charge in [-0.2, -0.15) is 5.10 Å². The molecule has 0 aliphatic carbocycles. The number of hydrogen-bond acceptors (Lipinski definition) is 6. The van der Waals surface area contributed by atoms with Gasteiger partial charge >= 0.3 is 0 Å². The van der Waals surface area contributed by atoms with Gasteiger partial charge in [0.15, 0.2) is 11.0 Å². The summed E-state index contributed by atoms with van der Waals surface area (Å²) in [5.74, 6) is 0.345. The van der Waals surface area contributed by atoms with Crippen molar-refractivity contribution in [2.45, 2.75) is 0 Å². The Balaban J connectivity index is 2.05. The summed E-state index contributed by atoms with van der Waals surface area (Å²) in [5, 5.41) is 30.1. The highest BCUT2D eigenvalue weighted by Crippen LogP contribution is 2.20. The van der Waals surface area contributed by atoms with Gasteiger partial charge in [0.2, 0.25) is 0 Å². The third-order valence-corrected chi connectivity index (χ3v) is 2.23. The molecular formula is C11H9ClN4O2. The average molecular weight is 265 g/mol. The minimum absolute atomic E-state index is 0.0128. The molecule has 6 nitrogen and oxygen atoms in total. The number of hydrazone groups is 1. The van der Waals surface area contributed by atoms with Crippen LogP contribution in [0.25, 0.3) is 0 Å². The Bertz CT molecular complexity index is 572. The summed E-state index contributed by atoms with van der Waals surface area (Å²) in [4.78, 5) is 0. The Morgan fingerprint density at radius 3 is 2.67 bits per heavy atom. The van der Waals surface area contributed by atoms with Gasteiger partial charge in [-0.05, 0) is 24.3 Å². The molecule has 3 N–H and O–H groups in total. The predicted molar refractivity (Wildman–Crippen MR) is 68.0 cm³/mol. The lowest BCUT2D eigenvalue weighted by atomic mass is 10.2.